The maximum Gasteiger partial charge on any atom is 0.249 e. The van der Waals surface area contributed by atoms with Crippen molar-refractivity contribution in [3.8, 4) is 0 Å². The molecule has 0 bridgehead atoms. The zero-order valence-corrected chi connectivity index (χ0v) is 18.6. The molecule has 2 unspecified atom stereocenters. The van der Waals surface area contributed by atoms with Crippen molar-refractivity contribution in [2.45, 2.75) is 128 Å². The van der Waals surface area contributed by atoms with E-state index in [1.165, 1.54) is 89.8 Å². The van der Waals surface area contributed by atoms with Crippen molar-refractivity contribution in [3.63, 3.8) is 0 Å². The lowest BCUT2D eigenvalue weighted by Crippen LogP contribution is -2.36. The molecule has 6 nitrogen and oxygen atoms in total. The molecule has 1 saturated heterocycles. The Labute approximate surface area is 177 Å². The molecular formula is C23H43N5O. The molecule has 1 aliphatic heterocycles. The SMILES string of the molecule is CCCCCCCCCCCCCCCCc1noc(C2CCC(N)N2C=N)n1. The van der Waals surface area contributed by atoms with Gasteiger partial charge in [-0.25, -0.2) is 0 Å². The third-order valence-electron chi connectivity index (χ3n) is 6.15. The van der Waals surface area contributed by atoms with Gasteiger partial charge in [0.2, 0.25) is 5.89 Å². The Balaban J connectivity index is 1.44. The van der Waals surface area contributed by atoms with Crippen LogP contribution in [0.4, 0.5) is 0 Å². The topological polar surface area (TPSA) is 92.0 Å². The van der Waals surface area contributed by atoms with Crippen LogP contribution in [0, 0.1) is 5.41 Å². The maximum absolute atomic E-state index is 7.52. The molecule has 3 N–H and O–H groups in total. The van der Waals surface area contributed by atoms with E-state index in [9.17, 15) is 0 Å². The molecule has 0 aliphatic carbocycles. The van der Waals surface area contributed by atoms with E-state index in [1.54, 1.807) is 0 Å². The summed E-state index contributed by atoms with van der Waals surface area (Å²) in [5.41, 5.74) is 6.00. The molecule has 0 aromatic carbocycles. The second kappa shape index (κ2) is 14.5. The van der Waals surface area contributed by atoms with Gasteiger partial charge in [0.1, 0.15) is 6.04 Å². The lowest BCUT2D eigenvalue weighted by atomic mass is 10.0. The van der Waals surface area contributed by atoms with Gasteiger partial charge in [-0.1, -0.05) is 95.6 Å². The molecule has 1 aliphatic rings. The van der Waals surface area contributed by atoms with E-state index in [-0.39, 0.29) is 12.2 Å². The maximum atomic E-state index is 7.52. The summed E-state index contributed by atoms with van der Waals surface area (Å²) in [5.74, 6) is 1.41. The van der Waals surface area contributed by atoms with E-state index in [0.717, 1.165) is 31.5 Å². The van der Waals surface area contributed by atoms with Gasteiger partial charge in [0.25, 0.3) is 0 Å². The number of nitrogens with two attached hydrogens (primary N) is 1. The molecule has 166 valence electrons. The second-order valence-electron chi connectivity index (χ2n) is 8.63. The Bertz CT molecular complexity index is 547. The number of rotatable bonds is 17. The minimum atomic E-state index is -0.112. The van der Waals surface area contributed by atoms with Crippen LogP contribution in [-0.2, 0) is 6.42 Å². The number of unbranched alkanes of at least 4 members (excludes halogenated alkanes) is 13. The van der Waals surface area contributed by atoms with Crippen molar-refractivity contribution in [1.82, 2.24) is 15.0 Å². The van der Waals surface area contributed by atoms with Crippen LogP contribution < -0.4 is 5.73 Å². The number of likely N-dealkylation sites (tertiary alicyclic amines) is 1. The van der Waals surface area contributed by atoms with Crippen molar-refractivity contribution in [2.75, 3.05) is 0 Å². The fourth-order valence-corrected chi connectivity index (χ4v) is 4.28. The predicted molar refractivity (Wildman–Crippen MR) is 119 cm³/mol. The molecule has 2 atom stereocenters. The highest BCUT2D eigenvalue weighted by molar-refractivity contribution is 5.52. The monoisotopic (exact) mass is 405 g/mol. The number of hydrogen-bond donors (Lipinski definition) is 2. The number of nitrogens with zero attached hydrogens (tertiary/aromatic N) is 3. The molecule has 1 aromatic rings. The van der Waals surface area contributed by atoms with E-state index in [2.05, 4.69) is 17.1 Å². The highest BCUT2D eigenvalue weighted by atomic mass is 16.5. The van der Waals surface area contributed by atoms with Crippen molar-refractivity contribution in [3.05, 3.63) is 11.7 Å². The zero-order valence-electron chi connectivity index (χ0n) is 18.6. The first-order valence-electron chi connectivity index (χ1n) is 12.1. The third-order valence-corrected chi connectivity index (χ3v) is 6.15. The molecule has 2 heterocycles. The van der Waals surface area contributed by atoms with Gasteiger partial charge in [-0.3, -0.25) is 5.41 Å². The molecule has 1 aromatic heterocycles. The van der Waals surface area contributed by atoms with Crippen LogP contribution in [0.5, 0.6) is 0 Å². The zero-order chi connectivity index (χ0) is 20.7. The molecule has 0 spiro atoms. The van der Waals surface area contributed by atoms with Gasteiger partial charge in [-0.2, -0.15) is 4.98 Å². The average molecular weight is 406 g/mol. The Morgan fingerprint density at radius 2 is 1.48 bits per heavy atom. The van der Waals surface area contributed by atoms with Gasteiger partial charge in [0.15, 0.2) is 5.82 Å². The van der Waals surface area contributed by atoms with E-state index >= 15 is 0 Å². The first kappa shape index (κ1) is 23.8. The summed E-state index contributed by atoms with van der Waals surface area (Å²) in [5, 5.41) is 11.6. The summed E-state index contributed by atoms with van der Waals surface area (Å²) in [6, 6.07) is -0.0277. The van der Waals surface area contributed by atoms with Gasteiger partial charge < -0.3 is 15.2 Å². The Hall–Kier alpha value is -1.43. The third kappa shape index (κ3) is 8.85. The first-order chi connectivity index (χ1) is 14.3. The summed E-state index contributed by atoms with van der Waals surface area (Å²) >= 11 is 0. The minimum absolute atomic E-state index is 0.0277. The predicted octanol–water partition coefficient (Wildman–Crippen LogP) is 6.12. The first-order valence-corrected chi connectivity index (χ1v) is 12.1. The van der Waals surface area contributed by atoms with E-state index in [0.29, 0.717) is 5.89 Å². The molecule has 6 heteroatoms. The normalized spacial score (nSPS) is 19.2. The van der Waals surface area contributed by atoms with E-state index in [1.807, 2.05) is 4.90 Å². The number of aromatic nitrogens is 2. The average Bonchev–Trinajstić information content (AvgIpc) is 3.34. The smallest absolute Gasteiger partial charge is 0.249 e. The van der Waals surface area contributed by atoms with Gasteiger partial charge in [-0.15, -0.1) is 0 Å². The number of hydrogen-bond acceptors (Lipinski definition) is 5. The van der Waals surface area contributed by atoms with Crippen molar-refractivity contribution < 1.29 is 4.52 Å². The quantitative estimate of drug-likeness (QED) is 0.185. The lowest BCUT2D eigenvalue weighted by molar-refractivity contribution is 0.259. The highest BCUT2D eigenvalue weighted by Gasteiger charge is 2.33. The van der Waals surface area contributed by atoms with Crippen LogP contribution >= 0.6 is 0 Å². The van der Waals surface area contributed by atoms with Crippen LogP contribution in [0.1, 0.15) is 127 Å². The second-order valence-corrected chi connectivity index (χ2v) is 8.63. The number of aryl methyl sites for hydroxylation is 1. The fourth-order valence-electron chi connectivity index (χ4n) is 4.28. The molecule has 2 rings (SSSR count). The fraction of sp³-hybridized carbons (Fsp3) is 0.870. The van der Waals surface area contributed by atoms with Crippen LogP contribution in [0.25, 0.3) is 0 Å². The van der Waals surface area contributed by atoms with Gasteiger partial charge in [0.05, 0.1) is 12.5 Å². The Morgan fingerprint density at radius 3 is 2.03 bits per heavy atom. The van der Waals surface area contributed by atoms with Gasteiger partial charge in [-0.05, 0) is 19.3 Å². The summed E-state index contributed by atoms with van der Waals surface area (Å²) in [7, 11) is 0. The molecule has 0 radical (unpaired) electrons. The van der Waals surface area contributed by atoms with Crippen molar-refractivity contribution in [1.29, 1.82) is 5.41 Å². The Morgan fingerprint density at radius 1 is 0.931 bits per heavy atom. The summed E-state index contributed by atoms with van der Waals surface area (Å²) in [6.45, 7) is 2.28. The Kier molecular flexibility index (Phi) is 12.0. The summed E-state index contributed by atoms with van der Waals surface area (Å²) in [4.78, 5) is 6.35. The van der Waals surface area contributed by atoms with Crippen LogP contribution in [0.15, 0.2) is 4.52 Å². The van der Waals surface area contributed by atoms with E-state index < -0.39 is 0 Å². The molecule has 29 heavy (non-hydrogen) atoms. The van der Waals surface area contributed by atoms with Crippen LogP contribution in [0.3, 0.4) is 0 Å². The highest BCUT2D eigenvalue weighted by Crippen LogP contribution is 2.32. The van der Waals surface area contributed by atoms with Gasteiger partial charge in [0, 0.05) is 6.42 Å². The minimum Gasteiger partial charge on any atom is -0.337 e. The standard InChI is InChI=1S/C23H43N5O/c1-2-3-4-5-6-7-8-9-10-11-12-13-14-15-16-22-26-23(29-27-22)20-17-18-21(25)28(20)19-24/h19-21,24H,2-18,25H2,1H3. The molecule has 0 saturated carbocycles. The molecule has 1 fully saturated rings. The van der Waals surface area contributed by atoms with Crippen molar-refractivity contribution in [2.24, 2.45) is 5.73 Å². The summed E-state index contributed by atoms with van der Waals surface area (Å²) in [6.07, 6.45) is 22.9. The lowest BCUT2D eigenvalue weighted by Gasteiger charge is -2.22. The van der Waals surface area contributed by atoms with Crippen LogP contribution in [-0.4, -0.2) is 27.5 Å². The number of nitrogens with one attached hydrogen (secondary N) is 1. The summed E-state index contributed by atoms with van der Waals surface area (Å²) < 4.78 is 5.44. The van der Waals surface area contributed by atoms with Crippen LogP contribution in [0.2, 0.25) is 0 Å². The largest absolute Gasteiger partial charge is 0.337 e. The molecule has 0 amide bonds. The van der Waals surface area contributed by atoms with E-state index in [4.69, 9.17) is 15.7 Å². The van der Waals surface area contributed by atoms with Crippen molar-refractivity contribution >= 4 is 6.34 Å². The van der Waals surface area contributed by atoms with Gasteiger partial charge >= 0.3 is 0 Å². The molecular weight excluding hydrogens is 362 g/mol.